The fourth-order valence-corrected chi connectivity index (χ4v) is 2.98. The Bertz CT molecular complexity index is 626. The van der Waals surface area contributed by atoms with Crippen LogP contribution < -0.4 is 5.32 Å². The predicted octanol–water partition coefficient (Wildman–Crippen LogP) is 2.37. The van der Waals surface area contributed by atoms with Crippen LogP contribution in [0.4, 0.5) is 0 Å². The SMILES string of the molecule is CCNCc1ccc2c(ccn2CC(=O)N2CCCC2)c1. The molecule has 0 radical (unpaired) electrons. The van der Waals surface area contributed by atoms with Crippen LogP contribution in [0.2, 0.25) is 0 Å². The van der Waals surface area contributed by atoms with Gasteiger partial charge in [0.05, 0.1) is 0 Å². The Morgan fingerprint density at radius 2 is 2.05 bits per heavy atom. The monoisotopic (exact) mass is 285 g/mol. The quantitative estimate of drug-likeness (QED) is 0.916. The molecule has 112 valence electrons. The van der Waals surface area contributed by atoms with Gasteiger partial charge in [0.2, 0.25) is 5.91 Å². The molecule has 1 saturated heterocycles. The summed E-state index contributed by atoms with van der Waals surface area (Å²) in [6.07, 6.45) is 4.31. The largest absolute Gasteiger partial charge is 0.341 e. The van der Waals surface area contributed by atoms with Gasteiger partial charge in [0, 0.05) is 31.3 Å². The lowest BCUT2D eigenvalue weighted by atomic mass is 10.1. The number of hydrogen-bond donors (Lipinski definition) is 1. The van der Waals surface area contributed by atoms with Gasteiger partial charge in [0.1, 0.15) is 6.54 Å². The zero-order chi connectivity index (χ0) is 14.7. The maximum absolute atomic E-state index is 12.3. The van der Waals surface area contributed by atoms with E-state index in [-0.39, 0.29) is 5.91 Å². The lowest BCUT2D eigenvalue weighted by Gasteiger charge is -2.16. The lowest BCUT2D eigenvalue weighted by Crippen LogP contribution is -2.30. The van der Waals surface area contributed by atoms with E-state index in [1.54, 1.807) is 0 Å². The number of rotatable bonds is 5. The molecule has 1 aliphatic rings. The molecule has 4 nitrogen and oxygen atoms in total. The van der Waals surface area contributed by atoms with E-state index >= 15 is 0 Å². The number of aromatic nitrogens is 1. The van der Waals surface area contributed by atoms with E-state index in [2.05, 4.69) is 41.1 Å². The summed E-state index contributed by atoms with van der Waals surface area (Å²) in [7, 11) is 0. The van der Waals surface area contributed by atoms with Gasteiger partial charge in [0.15, 0.2) is 0 Å². The van der Waals surface area contributed by atoms with Crippen LogP contribution in [-0.2, 0) is 17.9 Å². The predicted molar refractivity (Wildman–Crippen MR) is 85.1 cm³/mol. The number of nitrogens with one attached hydrogen (secondary N) is 1. The maximum atomic E-state index is 12.3. The molecule has 3 rings (SSSR count). The van der Waals surface area contributed by atoms with E-state index in [9.17, 15) is 4.79 Å². The van der Waals surface area contributed by atoms with Crippen molar-refractivity contribution in [2.24, 2.45) is 0 Å². The summed E-state index contributed by atoms with van der Waals surface area (Å²) in [5.74, 6) is 0.238. The van der Waals surface area contributed by atoms with Crippen LogP contribution in [0.3, 0.4) is 0 Å². The summed E-state index contributed by atoms with van der Waals surface area (Å²) >= 11 is 0. The van der Waals surface area contributed by atoms with Crippen molar-refractivity contribution in [1.29, 1.82) is 0 Å². The molecular weight excluding hydrogens is 262 g/mol. The normalized spacial score (nSPS) is 15.0. The van der Waals surface area contributed by atoms with Crippen LogP contribution >= 0.6 is 0 Å². The molecular formula is C17H23N3O. The molecule has 2 heterocycles. The zero-order valence-electron chi connectivity index (χ0n) is 12.6. The van der Waals surface area contributed by atoms with Gasteiger partial charge >= 0.3 is 0 Å². The van der Waals surface area contributed by atoms with Gasteiger partial charge in [-0.1, -0.05) is 13.0 Å². The van der Waals surface area contributed by atoms with Crippen LogP contribution in [0.1, 0.15) is 25.3 Å². The molecule has 0 bridgehead atoms. The van der Waals surface area contributed by atoms with Crippen molar-refractivity contribution in [1.82, 2.24) is 14.8 Å². The van der Waals surface area contributed by atoms with Crippen molar-refractivity contribution in [2.45, 2.75) is 32.9 Å². The summed E-state index contributed by atoms with van der Waals surface area (Å²) in [6, 6.07) is 8.57. The van der Waals surface area contributed by atoms with E-state index < -0.39 is 0 Å². The molecule has 1 aromatic heterocycles. The Balaban J connectivity index is 1.75. The van der Waals surface area contributed by atoms with Gasteiger partial charge < -0.3 is 14.8 Å². The molecule has 4 heteroatoms. The molecule has 21 heavy (non-hydrogen) atoms. The van der Waals surface area contributed by atoms with Crippen LogP contribution in [-0.4, -0.2) is 35.0 Å². The Morgan fingerprint density at radius 1 is 1.24 bits per heavy atom. The Morgan fingerprint density at radius 3 is 2.81 bits per heavy atom. The third kappa shape index (κ3) is 3.10. The average Bonchev–Trinajstić information content (AvgIpc) is 3.15. The number of carbonyl (C=O) groups is 1. The molecule has 1 aliphatic heterocycles. The van der Waals surface area contributed by atoms with Crippen LogP contribution in [0.15, 0.2) is 30.5 Å². The number of amides is 1. The first-order chi connectivity index (χ1) is 10.3. The van der Waals surface area contributed by atoms with Gasteiger partial charge in [-0.3, -0.25) is 4.79 Å². The van der Waals surface area contributed by atoms with Gasteiger partial charge in [-0.25, -0.2) is 0 Å². The summed E-state index contributed by atoms with van der Waals surface area (Å²) < 4.78 is 2.06. The Labute approximate surface area is 125 Å². The molecule has 0 aliphatic carbocycles. The third-order valence-electron chi connectivity index (χ3n) is 4.18. The summed E-state index contributed by atoms with van der Waals surface area (Å²) in [6.45, 7) is 6.28. The topological polar surface area (TPSA) is 37.3 Å². The maximum Gasteiger partial charge on any atom is 0.242 e. The molecule has 2 aromatic rings. The first-order valence-corrected chi connectivity index (χ1v) is 7.84. The first-order valence-electron chi connectivity index (χ1n) is 7.84. The van der Waals surface area contributed by atoms with Crippen LogP contribution in [0, 0.1) is 0 Å². The Hall–Kier alpha value is -1.81. The Kier molecular flexibility index (Phi) is 4.25. The molecule has 0 spiro atoms. The second-order valence-corrected chi connectivity index (χ2v) is 5.71. The molecule has 1 N–H and O–H groups in total. The van der Waals surface area contributed by atoms with E-state index in [4.69, 9.17) is 0 Å². The van der Waals surface area contributed by atoms with Gasteiger partial charge in [0.25, 0.3) is 0 Å². The average molecular weight is 285 g/mol. The highest BCUT2D eigenvalue weighted by atomic mass is 16.2. The van der Waals surface area contributed by atoms with Crippen LogP contribution in [0.5, 0.6) is 0 Å². The number of hydrogen-bond acceptors (Lipinski definition) is 2. The highest BCUT2D eigenvalue weighted by Gasteiger charge is 2.18. The van der Waals surface area contributed by atoms with Gasteiger partial charge in [-0.2, -0.15) is 0 Å². The standard InChI is InChI=1S/C17H23N3O/c1-2-18-12-14-5-6-16-15(11-14)7-10-20(16)13-17(21)19-8-3-4-9-19/h5-7,10-11,18H,2-4,8-9,12-13H2,1H3. The van der Waals surface area contributed by atoms with Crippen molar-refractivity contribution in [3.05, 3.63) is 36.0 Å². The second kappa shape index (κ2) is 6.31. The van der Waals surface area contributed by atoms with E-state index in [0.29, 0.717) is 6.54 Å². The number of fused-ring (bicyclic) bond motifs is 1. The smallest absolute Gasteiger partial charge is 0.242 e. The van der Waals surface area contributed by atoms with E-state index in [1.807, 2.05) is 11.1 Å². The minimum atomic E-state index is 0.238. The fourth-order valence-electron chi connectivity index (χ4n) is 2.98. The van der Waals surface area contributed by atoms with Crippen molar-refractivity contribution in [2.75, 3.05) is 19.6 Å². The number of likely N-dealkylation sites (tertiary alicyclic amines) is 1. The highest BCUT2D eigenvalue weighted by Crippen LogP contribution is 2.18. The molecule has 1 amide bonds. The van der Waals surface area contributed by atoms with Gasteiger partial charge in [-0.05, 0) is 48.5 Å². The molecule has 0 unspecified atom stereocenters. The van der Waals surface area contributed by atoms with Crippen molar-refractivity contribution < 1.29 is 4.79 Å². The molecule has 0 saturated carbocycles. The highest BCUT2D eigenvalue weighted by molar-refractivity contribution is 5.84. The number of benzene rings is 1. The minimum absolute atomic E-state index is 0.238. The zero-order valence-corrected chi connectivity index (χ0v) is 12.6. The van der Waals surface area contributed by atoms with E-state index in [1.165, 1.54) is 10.9 Å². The molecule has 0 atom stereocenters. The lowest BCUT2D eigenvalue weighted by molar-refractivity contribution is -0.130. The summed E-state index contributed by atoms with van der Waals surface area (Å²) in [5, 5.41) is 4.55. The van der Waals surface area contributed by atoms with Crippen LogP contribution in [0.25, 0.3) is 10.9 Å². The minimum Gasteiger partial charge on any atom is -0.341 e. The van der Waals surface area contributed by atoms with Crippen molar-refractivity contribution >= 4 is 16.8 Å². The molecule has 1 aromatic carbocycles. The third-order valence-corrected chi connectivity index (χ3v) is 4.18. The molecule has 1 fully saturated rings. The second-order valence-electron chi connectivity index (χ2n) is 5.71. The fraction of sp³-hybridized carbons (Fsp3) is 0.471. The van der Waals surface area contributed by atoms with Crippen molar-refractivity contribution in [3.8, 4) is 0 Å². The summed E-state index contributed by atoms with van der Waals surface area (Å²) in [4.78, 5) is 14.2. The first kappa shape index (κ1) is 14.1. The van der Waals surface area contributed by atoms with Gasteiger partial charge in [-0.15, -0.1) is 0 Å². The van der Waals surface area contributed by atoms with E-state index in [0.717, 1.165) is 44.5 Å². The van der Waals surface area contributed by atoms with Crippen molar-refractivity contribution in [3.63, 3.8) is 0 Å². The number of carbonyl (C=O) groups excluding carboxylic acids is 1. The summed E-state index contributed by atoms with van der Waals surface area (Å²) in [5.41, 5.74) is 2.43. The number of nitrogens with zero attached hydrogens (tertiary/aromatic N) is 2.